The quantitative estimate of drug-likeness (QED) is 0.595. The van der Waals surface area contributed by atoms with Crippen LogP contribution in [0.3, 0.4) is 0 Å². The Morgan fingerprint density at radius 1 is 1.18 bits per heavy atom. The van der Waals surface area contributed by atoms with Gasteiger partial charge in [-0.05, 0) is 25.5 Å². The molecule has 0 fully saturated rings. The first-order valence-electron chi connectivity index (χ1n) is 3.65. The highest BCUT2D eigenvalue weighted by Gasteiger charge is 2.15. The number of hydrogen-bond donors (Lipinski definition) is 2. The average Bonchev–Trinajstić information content (AvgIpc) is 1.86. The first-order valence-corrected chi connectivity index (χ1v) is 3.65. The second-order valence-electron chi connectivity index (χ2n) is 3.31. The van der Waals surface area contributed by atoms with Crippen molar-refractivity contribution in [3.8, 4) is 0 Å². The topological polar surface area (TPSA) is 52.0 Å². The third-order valence-electron chi connectivity index (χ3n) is 1.65. The van der Waals surface area contributed by atoms with Gasteiger partial charge in [-0.15, -0.1) is 0 Å². The second-order valence-corrected chi connectivity index (χ2v) is 3.31. The van der Waals surface area contributed by atoms with E-state index in [1.807, 2.05) is 38.1 Å². The Kier molecular flexibility index (Phi) is 1.87. The van der Waals surface area contributed by atoms with Crippen LogP contribution in [0.2, 0.25) is 0 Å². The Morgan fingerprint density at radius 2 is 1.73 bits per heavy atom. The van der Waals surface area contributed by atoms with E-state index < -0.39 is 0 Å². The van der Waals surface area contributed by atoms with Gasteiger partial charge in [0.2, 0.25) is 0 Å². The highest BCUT2D eigenvalue weighted by Crippen LogP contribution is 2.22. The minimum atomic E-state index is -0.342. The lowest BCUT2D eigenvalue weighted by Crippen LogP contribution is -2.29. The zero-order valence-corrected chi connectivity index (χ0v) is 6.96. The molecule has 0 aliphatic carbocycles. The van der Waals surface area contributed by atoms with E-state index in [1.165, 1.54) is 0 Å². The van der Waals surface area contributed by atoms with E-state index in [-0.39, 0.29) is 5.54 Å². The molecule has 0 unspecified atom stereocenters. The van der Waals surface area contributed by atoms with Gasteiger partial charge in [0, 0.05) is 11.2 Å². The number of benzene rings is 1. The molecule has 0 radical (unpaired) electrons. The molecule has 0 aliphatic heterocycles. The molecule has 0 aromatic heterocycles. The van der Waals surface area contributed by atoms with E-state index in [0.717, 1.165) is 11.3 Å². The molecule has 0 saturated heterocycles. The number of para-hydroxylation sites is 1. The predicted molar refractivity (Wildman–Crippen MR) is 48.1 cm³/mol. The maximum Gasteiger partial charge on any atom is 0.0372 e. The summed E-state index contributed by atoms with van der Waals surface area (Å²) in [5, 5.41) is 0. The highest BCUT2D eigenvalue weighted by molar-refractivity contribution is 5.49. The van der Waals surface area contributed by atoms with Crippen LogP contribution in [-0.4, -0.2) is 0 Å². The first kappa shape index (κ1) is 8.08. The SMILES string of the molecule is CC(C)(N)c1ccccc1N. The van der Waals surface area contributed by atoms with Gasteiger partial charge in [0.1, 0.15) is 0 Å². The summed E-state index contributed by atoms with van der Waals surface area (Å²) in [4.78, 5) is 0. The molecule has 60 valence electrons. The molecule has 4 N–H and O–H groups in total. The summed E-state index contributed by atoms with van der Waals surface area (Å²) in [6.45, 7) is 3.89. The lowest BCUT2D eigenvalue weighted by molar-refractivity contribution is 0.556. The van der Waals surface area contributed by atoms with E-state index in [2.05, 4.69) is 0 Å². The summed E-state index contributed by atoms with van der Waals surface area (Å²) in [6.07, 6.45) is 0. The zero-order chi connectivity index (χ0) is 8.48. The third-order valence-corrected chi connectivity index (χ3v) is 1.65. The molecule has 0 atom stereocenters. The molecule has 2 heteroatoms. The number of rotatable bonds is 1. The van der Waals surface area contributed by atoms with Gasteiger partial charge in [-0.3, -0.25) is 0 Å². The molecule has 2 nitrogen and oxygen atoms in total. The fourth-order valence-corrected chi connectivity index (χ4v) is 1.08. The largest absolute Gasteiger partial charge is 0.398 e. The van der Waals surface area contributed by atoms with Crippen molar-refractivity contribution >= 4 is 5.69 Å². The van der Waals surface area contributed by atoms with Gasteiger partial charge in [-0.25, -0.2) is 0 Å². The van der Waals surface area contributed by atoms with Crippen molar-refractivity contribution in [3.05, 3.63) is 29.8 Å². The monoisotopic (exact) mass is 150 g/mol. The van der Waals surface area contributed by atoms with Crippen LogP contribution < -0.4 is 11.5 Å². The van der Waals surface area contributed by atoms with Gasteiger partial charge in [0.15, 0.2) is 0 Å². The second kappa shape index (κ2) is 2.55. The standard InChI is InChI=1S/C9H14N2/c1-9(2,11)7-5-3-4-6-8(7)10/h3-6H,10-11H2,1-2H3. The number of nitrogens with two attached hydrogens (primary N) is 2. The highest BCUT2D eigenvalue weighted by atomic mass is 14.7. The van der Waals surface area contributed by atoms with Crippen LogP contribution in [0.25, 0.3) is 0 Å². The van der Waals surface area contributed by atoms with E-state index in [4.69, 9.17) is 11.5 Å². The normalized spacial score (nSPS) is 11.5. The van der Waals surface area contributed by atoms with Crippen LogP contribution in [0.4, 0.5) is 5.69 Å². The molecule has 0 saturated carbocycles. The van der Waals surface area contributed by atoms with Crippen LogP contribution in [-0.2, 0) is 5.54 Å². The molecule has 0 heterocycles. The van der Waals surface area contributed by atoms with Crippen molar-refractivity contribution in [2.75, 3.05) is 5.73 Å². The Labute approximate surface area is 67.2 Å². The fraction of sp³-hybridized carbons (Fsp3) is 0.333. The molecule has 0 bridgehead atoms. The van der Waals surface area contributed by atoms with Crippen molar-refractivity contribution in [2.24, 2.45) is 5.73 Å². The summed E-state index contributed by atoms with van der Waals surface area (Å²) in [5.74, 6) is 0. The zero-order valence-electron chi connectivity index (χ0n) is 6.96. The fourth-order valence-electron chi connectivity index (χ4n) is 1.08. The van der Waals surface area contributed by atoms with Gasteiger partial charge in [0.25, 0.3) is 0 Å². The molecule has 1 aromatic carbocycles. The van der Waals surface area contributed by atoms with Gasteiger partial charge >= 0.3 is 0 Å². The molecule has 11 heavy (non-hydrogen) atoms. The summed E-state index contributed by atoms with van der Waals surface area (Å²) in [5.41, 5.74) is 13.0. The predicted octanol–water partition coefficient (Wildman–Crippen LogP) is 1.46. The van der Waals surface area contributed by atoms with Gasteiger partial charge < -0.3 is 11.5 Å². The summed E-state index contributed by atoms with van der Waals surface area (Å²) in [6, 6.07) is 7.67. The molecular formula is C9H14N2. The van der Waals surface area contributed by atoms with E-state index >= 15 is 0 Å². The maximum atomic E-state index is 5.88. The van der Waals surface area contributed by atoms with Gasteiger partial charge in [-0.1, -0.05) is 18.2 Å². The number of anilines is 1. The number of nitrogen functional groups attached to an aromatic ring is 1. The van der Waals surface area contributed by atoms with E-state index in [1.54, 1.807) is 0 Å². The Hall–Kier alpha value is -1.02. The summed E-state index contributed by atoms with van der Waals surface area (Å²) >= 11 is 0. The summed E-state index contributed by atoms with van der Waals surface area (Å²) < 4.78 is 0. The minimum absolute atomic E-state index is 0.342. The molecule has 0 spiro atoms. The van der Waals surface area contributed by atoms with E-state index in [9.17, 15) is 0 Å². The third kappa shape index (κ3) is 1.71. The van der Waals surface area contributed by atoms with Crippen molar-refractivity contribution in [1.29, 1.82) is 0 Å². The van der Waals surface area contributed by atoms with Crippen LogP contribution >= 0.6 is 0 Å². The summed E-state index contributed by atoms with van der Waals surface area (Å²) in [7, 11) is 0. The van der Waals surface area contributed by atoms with Crippen molar-refractivity contribution in [2.45, 2.75) is 19.4 Å². The molecule has 0 amide bonds. The lowest BCUT2D eigenvalue weighted by Gasteiger charge is -2.20. The maximum absolute atomic E-state index is 5.88. The Morgan fingerprint density at radius 3 is 2.09 bits per heavy atom. The van der Waals surface area contributed by atoms with Crippen LogP contribution in [0.15, 0.2) is 24.3 Å². The van der Waals surface area contributed by atoms with E-state index in [0.29, 0.717) is 0 Å². The molecule has 0 aliphatic rings. The molecule has 1 rings (SSSR count). The van der Waals surface area contributed by atoms with Gasteiger partial charge in [0.05, 0.1) is 0 Å². The first-order chi connectivity index (χ1) is 5.02. The van der Waals surface area contributed by atoms with Gasteiger partial charge in [-0.2, -0.15) is 0 Å². The van der Waals surface area contributed by atoms with Crippen LogP contribution in [0.5, 0.6) is 0 Å². The Balaban J connectivity index is 3.14. The smallest absolute Gasteiger partial charge is 0.0372 e. The van der Waals surface area contributed by atoms with Crippen LogP contribution in [0.1, 0.15) is 19.4 Å². The minimum Gasteiger partial charge on any atom is -0.398 e. The van der Waals surface area contributed by atoms with Crippen LogP contribution in [0, 0.1) is 0 Å². The van der Waals surface area contributed by atoms with Crippen molar-refractivity contribution in [3.63, 3.8) is 0 Å². The van der Waals surface area contributed by atoms with Crippen molar-refractivity contribution in [1.82, 2.24) is 0 Å². The number of hydrogen-bond acceptors (Lipinski definition) is 2. The Bertz CT molecular complexity index is 248. The molecule has 1 aromatic rings. The average molecular weight is 150 g/mol. The van der Waals surface area contributed by atoms with Crippen molar-refractivity contribution < 1.29 is 0 Å². The molecular weight excluding hydrogens is 136 g/mol. The lowest BCUT2D eigenvalue weighted by atomic mass is 9.94.